The van der Waals surface area contributed by atoms with E-state index in [0.717, 1.165) is 50.5 Å². The molecule has 0 aromatic heterocycles. The Morgan fingerprint density at radius 1 is 1.06 bits per heavy atom. The van der Waals surface area contributed by atoms with Gasteiger partial charge >= 0.3 is 0 Å². The molecule has 0 bridgehead atoms. The molecule has 4 unspecified atom stereocenters. The van der Waals surface area contributed by atoms with Crippen LogP contribution in [0.5, 0.6) is 0 Å². The molecule has 1 N–H and O–H groups in total. The summed E-state index contributed by atoms with van der Waals surface area (Å²) in [6, 6.07) is -1.29. The van der Waals surface area contributed by atoms with E-state index >= 15 is 0 Å². The van der Waals surface area contributed by atoms with Crippen LogP contribution in [0.3, 0.4) is 0 Å². The van der Waals surface area contributed by atoms with E-state index in [0.29, 0.717) is 24.2 Å². The number of aliphatic hydroxyl groups excluding tert-OH is 1. The maximum absolute atomic E-state index is 12.0. The minimum atomic E-state index is -0.690. The summed E-state index contributed by atoms with van der Waals surface area (Å²) in [5.41, 5.74) is 1.56. The third-order valence-corrected chi connectivity index (χ3v) is 6.36. The number of ether oxygens (including phenoxy) is 1. The van der Waals surface area contributed by atoms with Crippen LogP contribution < -0.4 is 0 Å². The van der Waals surface area contributed by atoms with Crippen molar-refractivity contribution in [3.8, 4) is 0 Å². The average molecular weight is 459 g/mol. The average Bonchev–Trinajstić information content (AvgIpc) is 2.84. The standard InChI is InChI=1S/C27H42N2O4/c1-6-8-9-10-13-16-23-24(20(3)7-2)18-22(5)33-27(17-14-11-12-15-21(4)30)26(29-32)19-25(23)28-31/h7,18,23,25-27,30H,2-6,8-17,19H2,1H3/b24-18+. The Morgan fingerprint density at radius 2 is 1.70 bits per heavy atom. The van der Waals surface area contributed by atoms with Crippen LogP contribution >= 0.6 is 0 Å². The first kappa shape index (κ1) is 28.5. The number of hydrogen-bond acceptors (Lipinski definition) is 6. The monoisotopic (exact) mass is 458 g/mol. The molecule has 33 heavy (non-hydrogen) atoms. The fourth-order valence-electron chi connectivity index (χ4n) is 4.45. The van der Waals surface area contributed by atoms with Gasteiger partial charge in [0.2, 0.25) is 0 Å². The van der Waals surface area contributed by atoms with Crippen molar-refractivity contribution in [1.82, 2.24) is 0 Å². The summed E-state index contributed by atoms with van der Waals surface area (Å²) < 4.78 is 6.08. The summed E-state index contributed by atoms with van der Waals surface area (Å²) in [7, 11) is 0. The Balaban J connectivity index is 3.07. The predicted molar refractivity (Wildman–Crippen MR) is 137 cm³/mol. The highest BCUT2D eigenvalue weighted by molar-refractivity contribution is 5.42. The summed E-state index contributed by atoms with van der Waals surface area (Å²) in [5, 5.41) is 16.0. The van der Waals surface area contributed by atoms with Gasteiger partial charge in [0.1, 0.15) is 23.9 Å². The molecule has 0 aromatic rings. The summed E-state index contributed by atoms with van der Waals surface area (Å²) in [5.74, 6) is 0.418. The van der Waals surface area contributed by atoms with E-state index in [-0.39, 0.29) is 18.1 Å². The van der Waals surface area contributed by atoms with Gasteiger partial charge in [0.25, 0.3) is 0 Å². The van der Waals surface area contributed by atoms with Gasteiger partial charge in [-0.05, 0) is 42.9 Å². The second kappa shape index (κ2) is 16.2. The molecule has 0 aromatic carbocycles. The first-order valence-corrected chi connectivity index (χ1v) is 12.3. The molecule has 0 radical (unpaired) electrons. The largest absolute Gasteiger partial charge is 0.513 e. The number of unbranched alkanes of at least 4 members (excludes halogenated alkanes) is 6. The zero-order valence-corrected chi connectivity index (χ0v) is 20.3. The number of aliphatic hydroxyl groups is 1. The quantitative estimate of drug-likeness (QED) is 0.109. The molecule has 4 atom stereocenters. The highest BCUT2D eigenvalue weighted by atomic mass is 16.5. The van der Waals surface area contributed by atoms with Crippen LogP contribution in [0.1, 0.15) is 84.0 Å². The van der Waals surface area contributed by atoms with Gasteiger partial charge < -0.3 is 9.84 Å². The van der Waals surface area contributed by atoms with Crippen molar-refractivity contribution < 1.29 is 9.84 Å². The molecular weight excluding hydrogens is 416 g/mol. The summed E-state index contributed by atoms with van der Waals surface area (Å²) in [4.78, 5) is 23.8. The first-order valence-electron chi connectivity index (χ1n) is 12.3. The van der Waals surface area contributed by atoms with Gasteiger partial charge in [-0.15, -0.1) is 0 Å². The van der Waals surface area contributed by atoms with Crippen molar-refractivity contribution in [2.75, 3.05) is 0 Å². The Morgan fingerprint density at radius 3 is 2.30 bits per heavy atom. The van der Waals surface area contributed by atoms with Crippen molar-refractivity contribution in [3.05, 3.63) is 70.9 Å². The molecule has 0 fully saturated rings. The van der Waals surface area contributed by atoms with E-state index in [4.69, 9.17) is 4.74 Å². The van der Waals surface area contributed by atoms with Gasteiger partial charge in [0, 0.05) is 18.8 Å². The minimum absolute atomic E-state index is 0.176. The molecule has 1 aliphatic heterocycles. The Labute approximate surface area is 199 Å². The Hall–Kier alpha value is -2.50. The molecule has 1 heterocycles. The minimum Gasteiger partial charge on any atom is -0.513 e. The maximum atomic E-state index is 12.0. The highest BCUT2D eigenvalue weighted by Crippen LogP contribution is 2.36. The molecule has 0 amide bonds. The van der Waals surface area contributed by atoms with Crippen LogP contribution in [-0.2, 0) is 4.74 Å². The molecule has 6 nitrogen and oxygen atoms in total. The molecule has 184 valence electrons. The van der Waals surface area contributed by atoms with E-state index in [1.165, 1.54) is 12.8 Å². The maximum Gasteiger partial charge on any atom is 0.131 e. The van der Waals surface area contributed by atoms with Gasteiger partial charge in [-0.1, -0.05) is 88.2 Å². The fourth-order valence-corrected chi connectivity index (χ4v) is 4.45. The van der Waals surface area contributed by atoms with Crippen LogP contribution in [0.25, 0.3) is 0 Å². The lowest BCUT2D eigenvalue weighted by molar-refractivity contribution is 0.0866. The number of nitrogens with zero attached hydrogens (tertiary/aromatic N) is 2. The molecule has 1 aliphatic rings. The van der Waals surface area contributed by atoms with Crippen LogP contribution in [0.2, 0.25) is 0 Å². The zero-order valence-electron chi connectivity index (χ0n) is 20.3. The van der Waals surface area contributed by atoms with E-state index in [9.17, 15) is 14.9 Å². The van der Waals surface area contributed by atoms with Crippen LogP contribution in [0.15, 0.2) is 71.5 Å². The Kier molecular flexibility index (Phi) is 14.0. The molecule has 6 heteroatoms. The molecular formula is C27H42N2O4. The van der Waals surface area contributed by atoms with Crippen molar-refractivity contribution in [3.63, 3.8) is 0 Å². The smallest absolute Gasteiger partial charge is 0.131 e. The third kappa shape index (κ3) is 10.3. The number of rotatable bonds is 16. The molecule has 0 aliphatic carbocycles. The van der Waals surface area contributed by atoms with E-state index in [2.05, 4.69) is 43.6 Å². The normalized spacial score (nSPS) is 24.9. The summed E-state index contributed by atoms with van der Waals surface area (Å²) >= 11 is 0. The van der Waals surface area contributed by atoms with Crippen LogP contribution in [0.4, 0.5) is 0 Å². The third-order valence-electron chi connectivity index (χ3n) is 6.36. The number of hydrogen-bond donors (Lipinski definition) is 1. The van der Waals surface area contributed by atoms with Crippen molar-refractivity contribution in [2.45, 2.75) is 102 Å². The van der Waals surface area contributed by atoms with Crippen LogP contribution in [-0.4, -0.2) is 23.3 Å². The molecule has 0 saturated carbocycles. The Bertz CT molecular complexity index is 713. The van der Waals surface area contributed by atoms with Crippen LogP contribution in [0, 0.1) is 15.7 Å². The SMILES string of the molecule is C=CC(=C)/C1=C\C(=C)OC(CCCCCC(=C)O)C(N=O)CC(N=O)C1CCCCCCC. The highest BCUT2D eigenvalue weighted by Gasteiger charge is 2.35. The van der Waals surface area contributed by atoms with Gasteiger partial charge in [-0.2, -0.15) is 9.81 Å². The van der Waals surface area contributed by atoms with Crippen molar-refractivity contribution in [1.29, 1.82) is 0 Å². The first-order chi connectivity index (χ1) is 15.9. The predicted octanol–water partition coefficient (Wildman–Crippen LogP) is 8.23. The molecule has 1 rings (SSSR count). The van der Waals surface area contributed by atoms with Gasteiger partial charge in [-0.25, -0.2) is 0 Å². The lowest BCUT2D eigenvalue weighted by Crippen LogP contribution is -2.32. The van der Waals surface area contributed by atoms with Gasteiger partial charge in [0.15, 0.2) is 0 Å². The lowest BCUT2D eigenvalue weighted by atomic mass is 9.80. The van der Waals surface area contributed by atoms with E-state index in [1.54, 1.807) is 6.08 Å². The fraction of sp³-hybridized carbons (Fsp3) is 0.630. The lowest BCUT2D eigenvalue weighted by Gasteiger charge is -2.27. The second-order valence-electron chi connectivity index (χ2n) is 9.01. The number of nitroso groups, excluding NO2 is 2. The molecule has 0 spiro atoms. The van der Waals surface area contributed by atoms with Crippen molar-refractivity contribution in [2.24, 2.45) is 16.3 Å². The van der Waals surface area contributed by atoms with Crippen molar-refractivity contribution >= 4 is 0 Å². The van der Waals surface area contributed by atoms with Gasteiger partial charge in [-0.3, -0.25) is 0 Å². The topological polar surface area (TPSA) is 88.3 Å². The van der Waals surface area contributed by atoms with Gasteiger partial charge in [0.05, 0.1) is 5.76 Å². The summed E-state index contributed by atoms with van der Waals surface area (Å²) in [6.45, 7) is 17.7. The van der Waals surface area contributed by atoms with E-state index in [1.807, 2.05) is 6.08 Å². The van der Waals surface area contributed by atoms with E-state index < -0.39 is 18.2 Å². The number of allylic oxidation sites excluding steroid dienone is 4. The second-order valence-corrected chi connectivity index (χ2v) is 9.01. The zero-order chi connectivity index (χ0) is 24.6. The molecule has 0 saturated heterocycles. The summed E-state index contributed by atoms with van der Waals surface area (Å²) in [6.07, 6.45) is 13.2.